The number of thiophene rings is 1. The van der Waals surface area contributed by atoms with Gasteiger partial charge in [-0.1, -0.05) is 231 Å². The van der Waals surface area contributed by atoms with E-state index in [0.717, 1.165) is 72.3 Å². The van der Waals surface area contributed by atoms with Crippen LogP contribution in [0.25, 0.3) is 143 Å². The van der Waals surface area contributed by atoms with Crippen LogP contribution in [0.3, 0.4) is 0 Å². The Hall–Kier alpha value is -9.61. The molecule has 14 rings (SSSR count). The van der Waals surface area contributed by atoms with Gasteiger partial charge in [0.1, 0.15) is 0 Å². The number of hydrogen-bond acceptors (Lipinski definition) is 4. The Morgan fingerprint density at radius 1 is 0.213 bits per heavy atom. The van der Waals surface area contributed by atoms with Gasteiger partial charge in [-0.2, -0.15) is 0 Å². The summed E-state index contributed by atoms with van der Waals surface area (Å²) in [5, 5.41) is 7.27. The molecule has 75 heavy (non-hydrogen) atoms. The molecule has 0 aliphatic rings. The molecule has 0 aliphatic carbocycles. The molecule has 0 fully saturated rings. The van der Waals surface area contributed by atoms with E-state index in [1.807, 2.05) is 11.3 Å². The van der Waals surface area contributed by atoms with Gasteiger partial charge >= 0.3 is 0 Å². The van der Waals surface area contributed by atoms with Gasteiger partial charge in [-0.15, -0.1) is 11.3 Å². The molecule has 0 saturated heterocycles. The first-order valence-corrected chi connectivity index (χ1v) is 26.2. The maximum atomic E-state index is 5.55. The fourth-order valence-corrected chi connectivity index (χ4v) is 12.1. The lowest BCUT2D eigenvalue weighted by Gasteiger charge is -2.17. The Morgan fingerprint density at radius 3 is 1.47 bits per heavy atom. The standard InChI is InChI=1S/C71H45N3S/c1-4-19-46(20-5-1)52-39-40-62(65(43-52)59-32-13-12-31-57(59)47-21-6-2-7-22-47)71-73-69(72-70(74-71)55-44-64(49-23-8-3-9-24-49)68-66(45-55)61-33-14-15-36-67(61)75-68)54-29-16-28-51(41-54)53-38-37-50-27-18-35-60(63(50)42-53)58-34-17-26-48-25-10-11-30-56(48)58/h1-45H. The molecule has 0 saturated carbocycles. The van der Waals surface area contributed by atoms with Crippen LogP contribution in [-0.2, 0) is 0 Å². The summed E-state index contributed by atoms with van der Waals surface area (Å²) in [6, 6.07) is 97.9. The highest BCUT2D eigenvalue weighted by molar-refractivity contribution is 7.26. The summed E-state index contributed by atoms with van der Waals surface area (Å²) < 4.78 is 2.48. The van der Waals surface area contributed by atoms with Crippen molar-refractivity contribution in [1.82, 2.24) is 15.0 Å². The molecular formula is C71H45N3S. The maximum Gasteiger partial charge on any atom is 0.164 e. The summed E-state index contributed by atoms with van der Waals surface area (Å²) in [4.78, 5) is 16.6. The van der Waals surface area contributed by atoms with Gasteiger partial charge in [0.05, 0.1) is 0 Å². The van der Waals surface area contributed by atoms with Crippen molar-refractivity contribution in [2.24, 2.45) is 0 Å². The molecule has 12 aromatic carbocycles. The van der Waals surface area contributed by atoms with Crippen molar-refractivity contribution in [1.29, 1.82) is 0 Å². The number of benzene rings is 12. The molecule has 2 aromatic heterocycles. The van der Waals surface area contributed by atoms with Crippen LogP contribution in [0.5, 0.6) is 0 Å². The Kier molecular flexibility index (Phi) is 11.0. The molecule has 0 aliphatic heterocycles. The Bertz CT molecular complexity index is 4460. The number of aromatic nitrogens is 3. The van der Waals surface area contributed by atoms with Gasteiger partial charge in [0, 0.05) is 42.4 Å². The number of fused-ring (bicyclic) bond motifs is 5. The molecule has 14 aromatic rings. The average molecular weight is 972 g/mol. The third-order valence-corrected chi connectivity index (χ3v) is 15.8. The third kappa shape index (κ3) is 8.15. The molecule has 0 atom stereocenters. The van der Waals surface area contributed by atoms with E-state index in [1.54, 1.807) is 0 Å². The average Bonchev–Trinajstić information content (AvgIpc) is 3.89. The molecule has 0 unspecified atom stereocenters. The van der Waals surface area contributed by atoms with Crippen molar-refractivity contribution in [2.45, 2.75) is 0 Å². The van der Waals surface area contributed by atoms with Gasteiger partial charge in [-0.25, -0.2) is 15.0 Å². The first-order chi connectivity index (χ1) is 37.2. The van der Waals surface area contributed by atoms with E-state index in [1.165, 1.54) is 52.8 Å². The predicted molar refractivity (Wildman–Crippen MR) is 317 cm³/mol. The first-order valence-electron chi connectivity index (χ1n) is 25.4. The minimum Gasteiger partial charge on any atom is -0.208 e. The summed E-state index contributed by atoms with van der Waals surface area (Å²) in [6.07, 6.45) is 0. The molecule has 0 radical (unpaired) electrons. The fraction of sp³-hybridized carbons (Fsp3) is 0. The predicted octanol–water partition coefficient (Wildman–Crippen LogP) is 19.5. The lowest BCUT2D eigenvalue weighted by molar-refractivity contribution is 1.08. The lowest BCUT2D eigenvalue weighted by atomic mass is 9.89. The quantitative estimate of drug-likeness (QED) is 0.145. The molecule has 4 heteroatoms. The monoisotopic (exact) mass is 971 g/mol. The second-order valence-electron chi connectivity index (χ2n) is 19.1. The van der Waals surface area contributed by atoms with Gasteiger partial charge in [0.25, 0.3) is 0 Å². The lowest BCUT2D eigenvalue weighted by Crippen LogP contribution is -2.02. The van der Waals surface area contributed by atoms with Gasteiger partial charge in [-0.05, 0) is 125 Å². The molecule has 0 N–H and O–H groups in total. The zero-order chi connectivity index (χ0) is 49.7. The maximum absolute atomic E-state index is 5.55. The van der Waals surface area contributed by atoms with Crippen molar-refractivity contribution in [2.75, 3.05) is 0 Å². The summed E-state index contributed by atoms with van der Waals surface area (Å²) in [5.74, 6) is 1.80. The zero-order valence-corrected chi connectivity index (χ0v) is 41.5. The van der Waals surface area contributed by atoms with E-state index in [2.05, 4.69) is 273 Å². The minimum absolute atomic E-state index is 0.597. The van der Waals surface area contributed by atoms with E-state index in [-0.39, 0.29) is 0 Å². The summed E-state index contributed by atoms with van der Waals surface area (Å²) in [5.41, 5.74) is 16.3. The van der Waals surface area contributed by atoms with Gasteiger partial charge < -0.3 is 0 Å². The summed E-state index contributed by atoms with van der Waals surface area (Å²) in [6.45, 7) is 0. The van der Waals surface area contributed by atoms with Crippen molar-refractivity contribution >= 4 is 53.1 Å². The van der Waals surface area contributed by atoms with Crippen molar-refractivity contribution in [3.8, 4) is 101 Å². The van der Waals surface area contributed by atoms with Crippen molar-refractivity contribution < 1.29 is 0 Å². The number of nitrogens with zero attached hydrogens (tertiary/aromatic N) is 3. The normalized spacial score (nSPS) is 11.5. The highest BCUT2D eigenvalue weighted by Gasteiger charge is 2.22. The van der Waals surface area contributed by atoms with E-state index in [4.69, 9.17) is 15.0 Å². The van der Waals surface area contributed by atoms with Crippen LogP contribution in [-0.4, -0.2) is 15.0 Å². The highest BCUT2D eigenvalue weighted by Crippen LogP contribution is 2.45. The molecule has 2 heterocycles. The number of hydrogen-bond donors (Lipinski definition) is 0. The van der Waals surface area contributed by atoms with Crippen LogP contribution in [0, 0.1) is 0 Å². The number of rotatable bonds is 9. The van der Waals surface area contributed by atoms with E-state index >= 15 is 0 Å². The smallest absolute Gasteiger partial charge is 0.164 e. The second kappa shape index (κ2) is 18.8. The minimum atomic E-state index is 0.597. The SMILES string of the molecule is c1ccc(-c2ccc(-c3nc(-c4cccc(-c5ccc6cccc(-c7cccc8ccccc78)c6c5)c4)nc(-c4cc(-c5ccccc5)c5sc6ccccc6c5c4)n3)c(-c3ccccc3-c3ccccc3)c2)cc1. The highest BCUT2D eigenvalue weighted by atomic mass is 32.1. The summed E-state index contributed by atoms with van der Waals surface area (Å²) >= 11 is 1.83. The summed E-state index contributed by atoms with van der Waals surface area (Å²) in [7, 11) is 0. The van der Waals surface area contributed by atoms with Crippen LogP contribution in [0.15, 0.2) is 273 Å². The molecule has 3 nitrogen and oxygen atoms in total. The molecule has 0 amide bonds. The largest absolute Gasteiger partial charge is 0.208 e. The molecule has 0 spiro atoms. The van der Waals surface area contributed by atoms with Crippen LogP contribution < -0.4 is 0 Å². The van der Waals surface area contributed by atoms with Crippen LogP contribution >= 0.6 is 11.3 Å². The van der Waals surface area contributed by atoms with E-state index < -0.39 is 0 Å². The van der Waals surface area contributed by atoms with Crippen LogP contribution in [0.4, 0.5) is 0 Å². The van der Waals surface area contributed by atoms with Gasteiger partial charge in [0.2, 0.25) is 0 Å². The fourth-order valence-electron chi connectivity index (χ4n) is 10.9. The molecule has 0 bridgehead atoms. The van der Waals surface area contributed by atoms with Crippen molar-refractivity contribution in [3.05, 3.63) is 273 Å². The van der Waals surface area contributed by atoms with Crippen LogP contribution in [0.1, 0.15) is 0 Å². The Morgan fingerprint density at radius 2 is 0.693 bits per heavy atom. The van der Waals surface area contributed by atoms with E-state index in [9.17, 15) is 0 Å². The zero-order valence-electron chi connectivity index (χ0n) is 40.7. The van der Waals surface area contributed by atoms with Gasteiger partial charge in [-0.3, -0.25) is 0 Å². The first kappa shape index (κ1) is 44.1. The van der Waals surface area contributed by atoms with Gasteiger partial charge in [0.15, 0.2) is 17.5 Å². The topological polar surface area (TPSA) is 38.7 Å². The second-order valence-corrected chi connectivity index (χ2v) is 20.1. The Labute approximate surface area is 439 Å². The van der Waals surface area contributed by atoms with Crippen LogP contribution in [0.2, 0.25) is 0 Å². The van der Waals surface area contributed by atoms with E-state index in [0.29, 0.717) is 17.5 Å². The molecule has 350 valence electrons. The van der Waals surface area contributed by atoms with Crippen molar-refractivity contribution in [3.63, 3.8) is 0 Å². The molecular weight excluding hydrogens is 927 g/mol. The third-order valence-electron chi connectivity index (χ3n) is 14.5. The Balaban J connectivity index is 0.993.